The van der Waals surface area contributed by atoms with Gasteiger partial charge in [0.25, 0.3) is 0 Å². The summed E-state index contributed by atoms with van der Waals surface area (Å²) in [6.45, 7) is 5.80. The molecule has 0 aromatic heterocycles. The maximum atomic E-state index is 11.0. The van der Waals surface area contributed by atoms with Crippen LogP contribution in [0.5, 0.6) is 0 Å². The fraction of sp³-hybridized carbons (Fsp3) is 0.500. The van der Waals surface area contributed by atoms with Crippen molar-refractivity contribution in [3.05, 3.63) is 35.9 Å². The van der Waals surface area contributed by atoms with Gasteiger partial charge in [0, 0.05) is 6.92 Å². The minimum absolute atomic E-state index is 0.0491. The smallest absolute Gasteiger partial charge is 0.322 e. The highest BCUT2D eigenvalue weighted by Gasteiger charge is 2.38. The molecule has 0 unspecified atom stereocenters. The molecule has 1 aliphatic heterocycles. The fourth-order valence-corrected chi connectivity index (χ4v) is 2.13. The molecule has 0 spiro atoms. The van der Waals surface area contributed by atoms with Gasteiger partial charge in [0.05, 0.1) is 11.6 Å². The average molecular weight is 249 g/mol. The van der Waals surface area contributed by atoms with Crippen LogP contribution in [0.4, 0.5) is 0 Å². The molecule has 1 aromatic rings. The number of carbonyl (C=O) groups is 1. The first-order valence-corrected chi connectivity index (χ1v) is 6.12. The Morgan fingerprint density at radius 3 is 2.61 bits per heavy atom. The van der Waals surface area contributed by atoms with Crippen molar-refractivity contribution < 1.29 is 14.4 Å². The molecule has 1 fully saturated rings. The van der Waals surface area contributed by atoms with Gasteiger partial charge in [0.15, 0.2) is 0 Å². The van der Waals surface area contributed by atoms with E-state index in [9.17, 15) is 4.79 Å². The van der Waals surface area contributed by atoms with Gasteiger partial charge >= 0.3 is 5.97 Å². The molecule has 18 heavy (non-hydrogen) atoms. The predicted octanol–water partition coefficient (Wildman–Crippen LogP) is 2.66. The Bertz CT molecular complexity index is 416. The zero-order valence-corrected chi connectivity index (χ0v) is 11.1. The summed E-state index contributed by atoms with van der Waals surface area (Å²) in [5.74, 6) is -0.315. The highest BCUT2D eigenvalue weighted by atomic mass is 16.7. The number of hydrogen-bond donors (Lipinski definition) is 0. The minimum Gasteiger partial charge on any atom is -0.365 e. The SMILES string of the molecule is CC(=O)ON1CO[C@H](c2ccccc2)CC1(C)C. The number of nitrogens with zero attached hydrogens (tertiary/aromatic N) is 1. The number of carbonyl (C=O) groups excluding carboxylic acids is 1. The van der Waals surface area contributed by atoms with Crippen molar-refractivity contribution in [3.8, 4) is 0 Å². The maximum absolute atomic E-state index is 11.0. The monoisotopic (exact) mass is 249 g/mol. The van der Waals surface area contributed by atoms with E-state index in [4.69, 9.17) is 9.57 Å². The van der Waals surface area contributed by atoms with Crippen LogP contribution in [-0.2, 0) is 14.4 Å². The lowest BCUT2D eigenvalue weighted by Gasteiger charge is -2.43. The lowest BCUT2D eigenvalue weighted by atomic mass is 9.91. The second kappa shape index (κ2) is 5.08. The van der Waals surface area contributed by atoms with Crippen molar-refractivity contribution in [1.82, 2.24) is 5.06 Å². The third-order valence-corrected chi connectivity index (χ3v) is 3.16. The molecule has 0 radical (unpaired) electrons. The van der Waals surface area contributed by atoms with Crippen LogP contribution in [0.3, 0.4) is 0 Å². The number of benzene rings is 1. The molecule has 0 bridgehead atoms. The Labute approximate surface area is 107 Å². The van der Waals surface area contributed by atoms with Gasteiger partial charge in [-0.1, -0.05) is 30.3 Å². The van der Waals surface area contributed by atoms with Crippen LogP contribution in [0.1, 0.15) is 38.9 Å². The van der Waals surface area contributed by atoms with E-state index in [1.807, 2.05) is 18.2 Å². The van der Waals surface area contributed by atoms with E-state index < -0.39 is 0 Å². The normalized spacial score (nSPS) is 23.6. The van der Waals surface area contributed by atoms with Crippen LogP contribution in [0.25, 0.3) is 0 Å². The molecular formula is C14H19NO3. The van der Waals surface area contributed by atoms with Gasteiger partial charge < -0.3 is 9.57 Å². The summed E-state index contributed by atoms with van der Waals surface area (Å²) in [7, 11) is 0. The molecular weight excluding hydrogens is 230 g/mol. The Morgan fingerprint density at radius 2 is 2.06 bits per heavy atom. The number of rotatable bonds is 2. The predicted molar refractivity (Wildman–Crippen MR) is 67.4 cm³/mol. The van der Waals surface area contributed by atoms with E-state index in [1.165, 1.54) is 6.92 Å². The molecule has 2 rings (SSSR count). The summed E-state index contributed by atoms with van der Waals surface area (Å²) in [6.07, 6.45) is 0.831. The van der Waals surface area contributed by atoms with Crippen LogP contribution in [-0.4, -0.2) is 23.3 Å². The van der Waals surface area contributed by atoms with E-state index in [1.54, 1.807) is 5.06 Å². The maximum Gasteiger partial charge on any atom is 0.322 e. The first kappa shape index (κ1) is 13.1. The Balaban J connectivity index is 2.08. The third kappa shape index (κ3) is 2.89. The van der Waals surface area contributed by atoms with Gasteiger partial charge in [-0.25, -0.2) is 0 Å². The van der Waals surface area contributed by atoms with Crippen LogP contribution in [0.2, 0.25) is 0 Å². The van der Waals surface area contributed by atoms with Gasteiger partial charge in [0.2, 0.25) is 0 Å². The van der Waals surface area contributed by atoms with Crippen LogP contribution >= 0.6 is 0 Å². The molecule has 4 nitrogen and oxygen atoms in total. The van der Waals surface area contributed by atoms with E-state index >= 15 is 0 Å². The number of ether oxygens (including phenoxy) is 1. The topological polar surface area (TPSA) is 38.8 Å². The van der Waals surface area contributed by atoms with Crippen LogP contribution in [0.15, 0.2) is 30.3 Å². The minimum atomic E-state index is -0.315. The van der Waals surface area contributed by atoms with Gasteiger partial charge in [-0.15, -0.1) is 5.06 Å². The lowest BCUT2D eigenvalue weighted by molar-refractivity contribution is -0.280. The fourth-order valence-electron chi connectivity index (χ4n) is 2.13. The molecule has 4 heteroatoms. The molecule has 0 N–H and O–H groups in total. The largest absolute Gasteiger partial charge is 0.365 e. The molecule has 0 amide bonds. The molecule has 1 saturated heterocycles. The number of hydrogen-bond acceptors (Lipinski definition) is 4. The summed E-state index contributed by atoms with van der Waals surface area (Å²) in [5.41, 5.74) is 0.929. The first-order valence-electron chi connectivity index (χ1n) is 6.12. The molecule has 1 aliphatic rings. The molecule has 1 aromatic carbocycles. The van der Waals surface area contributed by atoms with Gasteiger partial charge in [0.1, 0.15) is 6.73 Å². The second-order valence-electron chi connectivity index (χ2n) is 5.17. The third-order valence-electron chi connectivity index (χ3n) is 3.16. The summed E-state index contributed by atoms with van der Waals surface area (Å²) < 4.78 is 5.76. The Kier molecular flexibility index (Phi) is 3.68. The van der Waals surface area contributed by atoms with Crippen molar-refractivity contribution in [2.24, 2.45) is 0 Å². The Hall–Kier alpha value is -1.39. The molecule has 1 atom stereocenters. The van der Waals surface area contributed by atoms with Crippen LogP contribution in [0, 0.1) is 0 Å². The molecule has 98 valence electrons. The van der Waals surface area contributed by atoms with Crippen LogP contribution < -0.4 is 0 Å². The summed E-state index contributed by atoms with van der Waals surface area (Å²) in [4.78, 5) is 16.2. The van der Waals surface area contributed by atoms with Gasteiger partial charge in [-0.05, 0) is 25.8 Å². The van der Waals surface area contributed by atoms with E-state index in [-0.39, 0.29) is 17.6 Å². The van der Waals surface area contributed by atoms with E-state index in [0.717, 1.165) is 12.0 Å². The van der Waals surface area contributed by atoms with E-state index in [2.05, 4.69) is 26.0 Å². The average Bonchev–Trinajstić information content (AvgIpc) is 2.32. The zero-order valence-electron chi connectivity index (χ0n) is 11.1. The van der Waals surface area contributed by atoms with Gasteiger partial charge in [-0.2, -0.15) is 0 Å². The van der Waals surface area contributed by atoms with Crippen molar-refractivity contribution in [2.45, 2.75) is 38.8 Å². The van der Waals surface area contributed by atoms with Gasteiger partial charge in [-0.3, -0.25) is 4.79 Å². The highest BCUT2D eigenvalue weighted by molar-refractivity contribution is 5.65. The summed E-state index contributed by atoms with van der Waals surface area (Å²) in [6, 6.07) is 10.1. The lowest BCUT2D eigenvalue weighted by Crippen LogP contribution is -2.50. The zero-order chi connectivity index (χ0) is 13.2. The van der Waals surface area contributed by atoms with Crippen molar-refractivity contribution in [1.29, 1.82) is 0 Å². The van der Waals surface area contributed by atoms with Crippen molar-refractivity contribution in [3.63, 3.8) is 0 Å². The van der Waals surface area contributed by atoms with Crippen molar-refractivity contribution in [2.75, 3.05) is 6.73 Å². The standard InChI is InChI=1S/C14H19NO3/c1-11(16)18-15-10-17-13(9-14(15,2)3)12-7-5-4-6-8-12/h4-8,13H,9-10H2,1-3H3/t13-/m0/s1. The summed E-state index contributed by atoms with van der Waals surface area (Å²) in [5, 5.41) is 1.61. The molecule has 0 aliphatic carbocycles. The quantitative estimate of drug-likeness (QED) is 0.807. The molecule has 1 heterocycles. The highest BCUT2D eigenvalue weighted by Crippen LogP contribution is 2.35. The summed E-state index contributed by atoms with van der Waals surface area (Å²) >= 11 is 0. The van der Waals surface area contributed by atoms with E-state index in [0.29, 0.717) is 6.73 Å². The van der Waals surface area contributed by atoms with Crippen molar-refractivity contribution >= 4 is 5.97 Å². The Morgan fingerprint density at radius 1 is 1.39 bits per heavy atom. The molecule has 0 saturated carbocycles. The first-order chi connectivity index (χ1) is 8.49. The second-order valence-corrected chi connectivity index (χ2v) is 5.17. The number of hydroxylamine groups is 2.